The number of benzene rings is 3. The second-order valence-corrected chi connectivity index (χ2v) is 8.51. The van der Waals surface area contributed by atoms with E-state index in [0.29, 0.717) is 16.7 Å². The normalized spacial score (nSPS) is 17.0. The second kappa shape index (κ2) is 9.15. The van der Waals surface area contributed by atoms with Gasteiger partial charge >= 0.3 is 5.91 Å². The SMILES string of the molecule is Cc1ccc(C)c(N2C(=O)C(=O)C(c3nc4ccccc4o3)/C(=N/NC(=O)c3ccccc3O)C2=O)c1. The summed E-state index contributed by atoms with van der Waals surface area (Å²) < 4.78 is 5.71. The van der Waals surface area contributed by atoms with Gasteiger partial charge in [0.15, 0.2) is 11.5 Å². The Hall–Kier alpha value is -5.12. The summed E-state index contributed by atoms with van der Waals surface area (Å²) in [7, 11) is 0. The zero-order chi connectivity index (χ0) is 26.3. The second-order valence-electron chi connectivity index (χ2n) is 8.51. The topological polar surface area (TPSA) is 142 Å². The average molecular weight is 496 g/mol. The molecule has 0 aliphatic carbocycles. The van der Waals surface area contributed by atoms with Gasteiger partial charge in [-0.1, -0.05) is 36.4 Å². The average Bonchev–Trinajstić information content (AvgIpc) is 3.31. The summed E-state index contributed by atoms with van der Waals surface area (Å²) in [6.07, 6.45) is 0. The lowest BCUT2D eigenvalue weighted by atomic mass is 9.90. The highest BCUT2D eigenvalue weighted by atomic mass is 16.3. The molecule has 0 spiro atoms. The molecule has 0 saturated carbocycles. The zero-order valence-corrected chi connectivity index (χ0v) is 19.8. The number of nitrogens with zero attached hydrogens (tertiary/aromatic N) is 3. The van der Waals surface area contributed by atoms with Crippen molar-refractivity contribution >= 4 is 46.0 Å². The first kappa shape index (κ1) is 23.6. The van der Waals surface area contributed by atoms with Crippen molar-refractivity contribution in [2.75, 3.05) is 4.90 Å². The van der Waals surface area contributed by atoms with Gasteiger partial charge in [0.05, 0.1) is 11.3 Å². The molecular formula is C27H20N4O6. The number of para-hydroxylation sites is 3. The van der Waals surface area contributed by atoms with Gasteiger partial charge in [-0.15, -0.1) is 0 Å². The molecule has 0 radical (unpaired) electrons. The van der Waals surface area contributed by atoms with Crippen LogP contribution in [0.1, 0.15) is 33.3 Å². The van der Waals surface area contributed by atoms with E-state index >= 15 is 0 Å². The van der Waals surface area contributed by atoms with E-state index < -0.39 is 35.1 Å². The number of aromatic hydroxyl groups is 1. The predicted molar refractivity (Wildman–Crippen MR) is 133 cm³/mol. The number of oxazole rings is 1. The first-order valence-electron chi connectivity index (χ1n) is 11.3. The van der Waals surface area contributed by atoms with Gasteiger partial charge in [-0.25, -0.2) is 15.3 Å². The van der Waals surface area contributed by atoms with E-state index in [0.717, 1.165) is 10.5 Å². The van der Waals surface area contributed by atoms with Crippen LogP contribution in [0.25, 0.3) is 11.1 Å². The van der Waals surface area contributed by atoms with Crippen LogP contribution in [0, 0.1) is 13.8 Å². The molecule has 1 unspecified atom stereocenters. The number of amides is 3. The zero-order valence-electron chi connectivity index (χ0n) is 19.8. The molecule has 1 atom stereocenters. The maximum absolute atomic E-state index is 13.7. The number of imide groups is 1. The summed E-state index contributed by atoms with van der Waals surface area (Å²) in [6, 6.07) is 17.6. The van der Waals surface area contributed by atoms with Crippen molar-refractivity contribution in [3.8, 4) is 5.75 Å². The van der Waals surface area contributed by atoms with E-state index in [1.165, 1.54) is 18.2 Å². The van der Waals surface area contributed by atoms with Crippen LogP contribution in [0.2, 0.25) is 0 Å². The van der Waals surface area contributed by atoms with Crippen LogP contribution in [-0.2, 0) is 14.4 Å². The minimum Gasteiger partial charge on any atom is -0.507 e. The fourth-order valence-corrected chi connectivity index (χ4v) is 4.06. The molecule has 1 aromatic heterocycles. The van der Waals surface area contributed by atoms with Gasteiger partial charge < -0.3 is 9.52 Å². The smallest absolute Gasteiger partial charge is 0.302 e. The molecule has 2 N–H and O–H groups in total. The number of aromatic nitrogens is 1. The van der Waals surface area contributed by atoms with Crippen LogP contribution in [0.15, 0.2) is 76.2 Å². The van der Waals surface area contributed by atoms with Crippen LogP contribution in [0.5, 0.6) is 5.75 Å². The summed E-state index contributed by atoms with van der Waals surface area (Å²) in [4.78, 5) is 58.1. The number of nitrogens with one attached hydrogen (secondary N) is 1. The maximum atomic E-state index is 13.7. The minimum absolute atomic E-state index is 0.0951. The number of carbonyl (C=O) groups excluding carboxylic acids is 4. The molecule has 184 valence electrons. The molecule has 4 aromatic rings. The lowest BCUT2D eigenvalue weighted by Gasteiger charge is -2.29. The number of carbonyl (C=O) groups is 4. The number of aryl methyl sites for hydroxylation is 2. The number of rotatable bonds is 4. The lowest BCUT2D eigenvalue weighted by molar-refractivity contribution is -0.139. The van der Waals surface area contributed by atoms with Crippen LogP contribution < -0.4 is 10.3 Å². The van der Waals surface area contributed by atoms with Crippen LogP contribution in [0.3, 0.4) is 0 Å². The molecule has 1 fully saturated rings. The highest BCUT2D eigenvalue weighted by Crippen LogP contribution is 2.32. The highest BCUT2D eigenvalue weighted by Gasteiger charge is 2.49. The van der Waals surface area contributed by atoms with Crippen molar-refractivity contribution in [2.24, 2.45) is 5.10 Å². The van der Waals surface area contributed by atoms with Crippen molar-refractivity contribution in [3.05, 3.63) is 89.3 Å². The van der Waals surface area contributed by atoms with E-state index in [9.17, 15) is 24.3 Å². The van der Waals surface area contributed by atoms with E-state index in [2.05, 4.69) is 15.5 Å². The molecule has 1 aliphatic heterocycles. The molecule has 0 bridgehead atoms. The van der Waals surface area contributed by atoms with Gasteiger partial charge in [-0.05, 0) is 55.3 Å². The summed E-state index contributed by atoms with van der Waals surface area (Å²) in [5, 5.41) is 14.0. The van der Waals surface area contributed by atoms with Gasteiger partial charge in [0.25, 0.3) is 11.8 Å². The molecule has 37 heavy (non-hydrogen) atoms. The largest absolute Gasteiger partial charge is 0.507 e. The van der Waals surface area contributed by atoms with Crippen molar-refractivity contribution in [1.29, 1.82) is 0 Å². The number of hydrogen-bond acceptors (Lipinski definition) is 8. The number of anilines is 1. The molecule has 3 amide bonds. The van der Waals surface area contributed by atoms with E-state index in [1.807, 2.05) is 6.07 Å². The lowest BCUT2D eigenvalue weighted by Crippen LogP contribution is -2.55. The van der Waals surface area contributed by atoms with Crippen molar-refractivity contribution < 1.29 is 28.7 Å². The van der Waals surface area contributed by atoms with Crippen molar-refractivity contribution in [1.82, 2.24) is 10.4 Å². The Morgan fingerprint density at radius 2 is 1.73 bits per heavy atom. The molecular weight excluding hydrogens is 476 g/mol. The molecule has 1 saturated heterocycles. The first-order chi connectivity index (χ1) is 17.8. The van der Waals surface area contributed by atoms with Crippen LogP contribution >= 0.6 is 0 Å². The van der Waals surface area contributed by atoms with E-state index in [4.69, 9.17) is 4.42 Å². The molecule has 1 aliphatic rings. The highest BCUT2D eigenvalue weighted by molar-refractivity contribution is 6.67. The predicted octanol–water partition coefficient (Wildman–Crippen LogP) is 3.16. The number of hydrogen-bond donors (Lipinski definition) is 2. The third-order valence-electron chi connectivity index (χ3n) is 5.96. The molecule has 10 heteroatoms. The van der Waals surface area contributed by atoms with E-state index in [1.54, 1.807) is 56.3 Å². The van der Waals surface area contributed by atoms with E-state index in [-0.39, 0.29) is 22.9 Å². The Balaban J connectivity index is 1.62. The number of Topliss-reactive ketones (excluding diaryl/α,β-unsaturated/α-hetero) is 1. The van der Waals surface area contributed by atoms with Gasteiger partial charge in [0.1, 0.15) is 17.0 Å². The van der Waals surface area contributed by atoms with Gasteiger partial charge in [0, 0.05) is 0 Å². The van der Waals surface area contributed by atoms with Gasteiger partial charge in [-0.3, -0.25) is 19.2 Å². The third kappa shape index (κ3) is 4.14. The number of ketones is 1. The Morgan fingerprint density at radius 3 is 2.49 bits per heavy atom. The number of phenolic OH excluding ortho intramolecular Hbond substituents is 1. The molecule has 2 heterocycles. The fourth-order valence-electron chi connectivity index (χ4n) is 4.06. The fraction of sp³-hybridized carbons (Fsp3) is 0.111. The van der Waals surface area contributed by atoms with Crippen molar-refractivity contribution in [3.63, 3.8) is 0 Å². The van der Waals surface area contributed by atoms with Gasteiger partial charge in [-0.2, -0.15) is 5.10 Å². The quantitative estimate of drug-likeness (QED) is 0.251. The third-order valence-corrected chi connectivity index (χ3v) is 5.96. The van der Waals surface area contributed by atoms with Crippen molar-refractivity contribution in [2.45, 2.75) is 19.8 Å². The maximum Gasteiger partial charge on any atom is 0.302 e. The molecule has 3 aromatic carbocycles. The number of phenols is 1. The van der Waals surface area contributed by atoms with Crippen LogP contribution in [-0.4, -0.2) is 39.3 Å². The standard InChI is InChI=1S/C27H20N4O6/c1-14-11-12-15(2)18(13-14)31-26(35)22(29-30-24(34)16-7-3-5-9-19(16)32)21(23(33)27(31)36)25-28-17-8-4-6-10-20(17)37-25/h3-13,21,32H,1-2H3,(H,30,34)/b29-22-. The summed E-state index contributed by atoms with van der Waals surface area (Å²) >= 11 is 0. The summed E-state index contributed by atoms with van der Waals surface area (Å²) in [5.74, 6) is -5.89. The molecule has 10 nitrogen and oxygen atoms in total. The Kier molecular flexibility index (Phi) is 5.84. The molecule has 5 rings (SSSR count). The van der Waals surface area contributed by atoms with Gasteiger partial charge in [0.2, 0.25) is 11.7 Å². The monoisotopic (exact) mass is 496 g/mol. The van der Waals surface area contributed by atoms with Crippen LogP contribution in [0.4, 0.5) is 5.69 Å². The first-order valence-corrected chi connectivity index (χ1v) is 11.3. The summed E-state index contributed by atoms with van der Waals surface area (Å²) in [5.41, 5.74) is 3.99. The number of fused-ring (bicyclic) bond motifs is 1. The Bertz CT molecular complexity index is 1600. The Morgan fingerprint density at radius 1 is 1.00 bits per heavy atom. The number of hydrazone groups is 1. The minimum atomic E-state index is -1.58. The summed E-state index contributed by atoms with van der Waals surface area (Å²) in [6.45, 7) is 3.48. The Labute approximate surface area is 210 Å². The number of piperidine rings is 1.